The molecule has 10 nitrogen and oxygen atoms in total. The fraction of sp³-hybridized carbons (Fsp3) is 0. The van der Waals surface area contributed by atoms with Gasteiger partial charge in [-0.25, -0.2) is 4.39 Å². The monoisotopic (exact) mass is 358 g/mol. The third-order valence-corrected chi connectivity index (χ3v) is 3.42. The average Bonchev–Trinajstić information content (AvgIpc) is 3.09. The second kappa shape index (κ2) is 6.02. The summed E-state index contributed by atoms with van der Waals surface area (Å²) in [6.07, 6.45) is 0. The molecule has 0 fully saturated rings. The van der Waals surface area contributed by atoms with Crippen molar-refractivity contribution in [3.05, 3.63) is 45.8 Å². The third kappa shape index (κ3) is 2.61. The van der Waals surface area contributed by atoms with Crippen LogP contribution in [0.5, 0.6) is 17.2 Å². The van der Waals surface area contributed by atoms with Crippen LogP contribution in [0.1, 0.15) is 5.56 Å². The van der Waals surface area contributed by atoms with E-state index in [1.54, 1.807) is 6.07 Å². The molecule has 0 unspecified atom stereocenters. The second-order valence-electron chi connectivity index (χ2n) is 4.97. The van der Waals surface area contributed by atoms with Crippen LogP contribution < -0.4 is 0 Å². The summed E-state index contributed by atoms with van der Waals surface area (Å²) in [6.45, 7) is 0. The van der Waals surface area contributed by atoms with Crippen LogP contribution in [0.15, 0.2) is 28.8 Å². The Morgan fingerprint density at radius 3 is 2.58 bits per heavy atom. The van der Waals surface area contributed by atoms with Gasteiger partial charge >= 0.3 is 5.69 Å². The van der Waals surface area contributed by atoms with Gasteiger partial charge in [0.2, 0.25) is 11.6 Å². The number of hydrogen-bond donors (Lipinski definition) is 3. The highest BCUT2D eigenvalue weighted by Crippen LogP contribution is 2.43. The third-order valence-electron chi connectivity index (χ3n) is 3.42. The largest absolute Gasteiger partial charge is 0.505 e. The zero-order chi connectivity index (χ0) is 19.0. The molecule has 26 heavy (non-hydrogen) atoms. The molecule has 0 saturated heterocycles. The van der Waals surface area contributed by atoms with Crippen molar-refractivity contribution in [1.82, 2.24) is 10.1 Å². The van der Waals surface area contributed by atoms with Crippen LogP contribution in [0.3, 0.4) is 0 Å². The van der Waals surface area contributed by atoms with Crippen LogP contribution in [-0.4, -0.2) is 30.4 Å². The summed E-state index contributed by atoms with van der Waals surface area (Å²) < 4.78 is 18.1. The standard InChI is InChI=1S/C15H7FN4O6/c16-9-2-1-6(3-11(9)21)14-18-15(26-19-14)7-4-10(20(24)25)13(23)12(22)8(7)5-17/h1-4,21-23H. The molecule has 0 amide bonds. The lowest BCUT2D eigenvalue weighted by Crippen LogP contribution is -1.94. The molecule has 0 bridgehead atoms. The lowest BCUT2D eigenvalue weighted by molar-refractivity contribution is -0.385. The summed E-state index contributed by atoms with van der Waals surface area (Å²) in [5, 5.41) is 52.5. The van der Waals surface area contributed by atoms with Crippen LogP contribution in [-0.2, 0) is 0 Å². The van der Waals surface area contributed by atoms with Crippen molar-refractivity contribution in [2.75, 3.05) is 0 Å². The number of phenols is 3. The Morgan fingerprint density at radius 1 is 1.23 bits per heavy atom. The number of nitrogens with zero attached hydrogens (tertiary/aromatic N) is 4. The van der Waals surface area contributed by atoms with Crippen LogP contribution in [0, 0.1) is 27.3 Å². The summed E-state index contributed by atoms with van der Waals surface area (Å²) in [4.78, 5) is 13.9. The summed E-state index contributed by atoms with van der Waals surface area (Å²) in [5.74, 6) is -4.05. The van der Waals surface area contributed by atoms with Gasteiger partial charge in [0.1, 0.15) is 11.6 Å². The van der Waals surface area contributed by atoms with Gasteiger partial charge in [0.25, 0.3) is 5.89 Å². The van der Waals surface area contributed by atoms with Gasteiger partial charge in [-0.1, -0.05) is 5.16 Å². The number of rotatable bonds is 3. The molecule has 0 aliphatic carbocycles. The Hall–Kier alpha value is -4.20. The Kier molecular flexibility index (Phi) is 3.86. The number of phenolic OH excluding ortho intramolecular Hbond substituents is 3. The second-order valence-corrected chi connectivity index (χ2v) is 4.97. The normalized spacial score (nSPS) is 10.5. The Balaban J connectivity index is 2.16. The molecule has 1 aromatic heterocycles. The lowest BCUT2D eigenvalue weighted by Gasteiger charge is -2.04. The Bertz CT molecular complexity index is 1090. The van der Waals surface area contributed by atoms with Gasteiger partial charge in [-0.15, -0.1) is 0 Å². The minimum atomic E-state index is -1.07. The van der Waals surface area contributed by atoms with E-state index in [1.807, 2.05) is 0 Å². The molecule has 0 aliphatic heterocycles. The maximum absolute atomic E-state index is 13.1. The van der Waals surface area contributed by atoms with Gasteiger partial charge in [0.05, 0.1) is 10.5 Å². The number of nitro groups is 1. The SMILES string of the molecule is N#Cc1c(-c2nc(-c3ccc(F)c(O)c3)no2)cc([N+](=O)[O-])c(O)c1O. The van der Waals surface area contributed by atoms with E-state index < -0.39 is 39.2 Å². The average molecular weight is 358 g/mol. The van der Waals surface area contributed by atoms with Crippen molar-refractivity contribution in [2.24, 2.45) is 0 Å². The van der Waals surface area contributed by atoms with Crippen molar-refractivity contribution < 1.29 is 29.2 Å². The molecule has 0 saturated carbocycles. The smallest absolute Gasteiger partial charge is 0.315 e. The van der Waals surface area contributed by atoms with E-state index in [2.05, 4.69) is 10.1 Å². The molecule has 3 aromatic rings. The molecule has 3 rings (SSSR count). The van der Waals surface area contributed by atoms with Crippen molar-refractivity contribution in [2.45, 2.75) is 0 Å². The Labute approximate surface area is 143 Å². The predicted molar refractivity (Wildman–Crippen MR) is 81.5 cm³/mol. The van der Waals surface area contributed by atoms with Crippen molar-refractivity contribution in [3.63, 3.8) is 0 Å². The van der Waals surface area contributed by atoms with E-state index >= 15 is 0 Å². The first kappa shape index (κ1) is 16.7. The quantitative estimate of drug-likeness (QED) is 0.362. The summed E-state index contributed by atoms with van der Waals surface area (Å²) in [6, 6.07) is 5.64. The molecule has 0 spiro atoms. The van der Waals surface area contributed by atoms with E-state index in [0.717, 1.165) is 18.2 Å². The number of aromatic nitrogens is 2. The molecule has 2 aromatic carbocycles. The molecule has 130 valence electrons. The fourth-order valence-electron chi connectivity index (χ4n) is 2.17. The molecular weight excluding hydrogens is 351 g/mol. The highest BCUT2D eigenvalue weighted by atomic mass is 19.1. The summed E-state index contributed by atoms with van der Waals surface area (Å²) >= 11 is 0. The topological polar surface area (TPSA) is 167 Å². The number of halogens is 1. The summed E-state index contributed by atoms with van der Waals surface area (Å²) in [7, 11) is 0. The van der Waals surface area contributed by atoms with Gasteiger partial charge in [-0.3, -0.25) is 10.1 Å². The van der Waals surface area contributed by atoms with Crippen LogP contribution in [0.4, 0.5) is 10.1 Å². The minimum absolute atomic E-state index is 0.102. The summed E-state index contributed by atoms with van der Waals surface area (Å²) in [5.41, 5.74) is -1.48. The van der Waals surface area contributed by atoms with Crippen molar-refractivity contribution >= 4 is 5.69 Å². The van der Waals surface area contributed by atoms with Gasteiger partial charge in [0.15, 0.2) is 17.3 Å². The fourth-order valence-corrected chi connectivity index (χ4v) is 2.17. The van der Waals surface area contributed by atoms with Gasteiger partial charge in [0, 0.05) is 11.6 Å². The molecule has 0 aliphatic rings. The predicted octanol–water partition coefficient (Wildman–Crippen LogP) is 2.44. The number of benzene rings is 2. The molecular formula is C15H7FN4O6. The van der Waals surface area contributed by atoms with E-state index in [4.69, 9.17) is 9.78 Å². The van der Waals surface area contributed by atoms with Crippen LogP contribution in [0.2, 0.25) is 0 Å². The highest BCUT2D eigenvalue weighted by Gasteiger charge is 2.27. The van der Waals surface area contributed by atoms with E-state index in [-0.39, 0.29) is 22.8 Å². The van der Waals surface area contributed by atoms with Crippen LogP contribution in [0.25, 0.3) is 22.8 Å². The van der Waals surface area contributed by atoms with Crippen LogP contribution >= 0.6 is 0 Å². The highest BCUT2D eigenvalue weighted by molar-refractivity contribution is 5.77. The van der Waals surface area contributed by atoms with Gasteiger partial charge < -0.3 is 19.8 Å². The maximum atomic E-state index is 13.1. The molecule has 11 heteroatoms. The van der Waals surface area contributed by atoms with Crippen molar-refractivity contribution in [3.8, 4) is 46.2 Å². The maximum Gasteiger partial charge on any atom is 0.315 e. The number of aromatic hydroxyl groups is 3. The van der Waals surface area contributed by atoms with E-state index in [9.17, 15) is 29.8 Å². The zero-order valence-corrected chi connectivity index (χ0v) is 12.5. The first-order valence-electron chi connectivity index (χ1n) is 6.80. The first-order chi connectivity index (χ1) is 12.3. The first-order valence-corrected chi connectivity index (χ1v) is 6.80. The number of nitro benzene ring substituents is 1. The minimum Gasteiger partial charge on any atom is -0.505 e. The van der Waals surface area contributed by atoms with E-state index in [1.165, 1.54) is 6.07 Å². The molecule has 0 radical (unpaired) electrons. The van der Waals surface area contributed by atoms with Crippen molar-refractivity contribution in [1.29, 1.82) is 5.26 Å². The lowest BCUT2D eigenvalue weighted by atomic mass is 10.0. The number of hydrogen-bond acceptors (Lipinski definition) is 9. The molecule has 1 heterocycles. The van der Waals surface area contributed by atoms with Gasteiger partial charge in [-0.2, -0.15) is 10.2 Å². The number of nitriles is 1. The Morgan fingerprint density at radius 2 is 1.96 bits per heavy atom. The van der Waals surface area contributed by atoms with Gasteiger partial charge in [-0.05, 0) is 18.2 Å². The molecule has 3 N–H and O–H groups in total. The van der Waals surface area contributed by atoms with E-state index in [0.29, 0.717) is 0 Å². The zero-order valence-electron chi connectivity index (χ0n) is 12.5. The molecule has 0 atom stereocenters.